The third-order valence-electron chi connectivity index (χ3n) is 10.0. The van der Waals surface area contributed by atoms with Crippen molar-refractivity contribution < 1.29 is 21.2 Å². The highest BCUT2D eigenvalue weighted by Crippen LogP contribution is 2.50. The number of hydrogen-bond donors (Lipinski definition) is 0. The van der Waals surface area contributed by atoms with Crippen molar-refractivity contribution in [1.82, 2.24) is 9.55 Å². The summed E-state index contributed by atoms with van der Waals surface area (Å²) < 4.78 is 113. The standard InChI is InChI=1S/C52H42N4O/c1-36(2)31-37-29-30-53-51(32-37)56-47-24-10-9-21-45(47)46-28-27-42(34-50(46)56)57-41-20-13-19-40(33-41)54-35-55(49-26-12-11-25-48(49)54)52-43(38-15-5-3-6-16-38)22-14-23-44(52)39-17-7-4-8-18-39/h3-30,32-34,36H,31,35H2,1-2H3/i3D,4D,5D,6D,7D,8D,15D,16D,17D,18D,31D2. The zero-order chi connectivity index (χ0) is 48.8. The molecule has 0 radical (unpaired) electrons. The molecule has 0 amide bonds. The summed E-state index contributed by atoms with van der Waals surface area (Å²) >= 11 is 0. The Bertz CT molecular complexity index is 3430. The van der Waals surface area contributed by atoms with Crippen LogP contribution in [-0.4, -0.2) is 16.2 Å². The monoisotopic (exact) mass is 750 g/mol. The highest BCUT2D eigenvalue weighted by Gasteiger charge is 2.31. The van der Waals surface area contributed by atoms with Gasteiger partial charge in [0.05, 0.1) is 41.8 Å². The fourth-order valence-electron chi connectivity index (χ4n) is 7.71. The predicted molar refractivity (Wildman–Crippen MR) is 237 cm³/mol. The molecule has 0 bridgehead atoms. The molecule has 0 aliphatic carbocycles. The SMILES string of the molecule is [2H]c1c([2H])c([2H])c(-c2cccc(-c3c([2H])c([2H])c([2H])c([2H])c3[2H])c2N2CN(c3cccc(Oc4ccc5c6ccccc6n(-c6cc(C([2H])([2H])C(C)C)ccn6)c5c4)c3)c3ccccc32)c([2H])c1[2H]. The number of rotatable bonds is 9. The number of hydrogen-bond acceptors (Lipinski definition) is 4. The number of fused-ring (bicyclic) bond motifs is 4. The van der Waals surface area contributed by atoms with E-state index in [2.05, 4.69) is 0 Å². The van der Waals surface area contributed by atoms with Gasteiger partial charge in [-0.25, -0.2) is 4.98 Å². The summed E-state index contributed by atoms with van der Waals surface area (Å²) in [5.41, 5.74) is 4.83. The topological polar surface area (TPSA) is 33.5 Å². The molecule has 5 nitrogen and oxygen atoms in total. The molecule has 0 N–H and O–H groups in total. The van der Waals surface area contributed by atoms with E-state index in [-0.39, 0.29) is 40.5 Å². The quantitative estimate of drug-likeness (QED) is 0.147. The number of para-hydroxylation sites is 4. The number of pyridine rings is 1. The average Bonchev–Trinajstić information content (AvgIpc) is 3.90. The number of ether oxygens (including phenoxy) is 1. The summed E-state index contributed by atoms with van der Waals surface area (Å²) in [6.07, 6.45) is 0.0583. The maximum atomic E-state index is 9.01. The molecule has 7 aromatic carbocycles. The van der Waals surface area contributed by atoms with E-state index in [1.807, 2.05) is 119 Å². The smallest absolute Gasteiger partial charge is 0.137 e. The second-order valence-corrected chi connectivity index (χ2v) is 14.0. The van der Waals surface area contributed by atoms with Crippen LogP contribution in [0.15, 0.2) is 188 Å². The van der Waals surface area contributed by atoms with Gasteiger partial charge in [0, 0.05) is 48.7 Å². The van der Waals surface area contributed by atoms with E-state index in [1.54, 1.807) is 36.5 Å². The third-order valence-corrected chi connectivity index (χ3v) is 10.0. The molecule has 0 fully saturated rings. The second-order valence-electron chi connectivity index (χ2n) is 14.0. The molecule has 0 saturated carbocycles. The Morgan fingerprint density at radius 3 is 2.02 bits per heavy atom. The highest BCUT2D eigenvalue weighted by molar-refractivity contribution is 6.09. The lowest BCUT2D eigenvalue weighted by molar-refractivity contribution is 0.483. The van der Waals surface area contributed by atoms with E-state index in [0.717, 1.165) is 27.5 Å². The highest BCUT2D eigenvalue weighted by atomic mass is 16.5. The van der Waals surface area contributed by atoms with Gasteiger partial charge in [-0.3, -0.25) is 4.57 Å². The van der Waals surface area contributed by atoms with Gasteiger partial charge in [0.25, 0.3) is 0 Å². The van der Waals surface area contributed by atoms with Crippen molar-refractivity contribution >= 4 is 44.6 Å². The van der Waals surface area contributed by atoms with Crippen LogP contribution in [-0.2, 0) is 6.37 Å². The number of anilines is 4. The van der Waals surface area contributed by atoms with Crippen LogP contribution in [0.3, 0.4) is 0 Å². The molecule has 57 heavy (non-hydrogen) atoms. The average molecular weight is 751 g/mol. The molecule has 9 aromatic rings. The van der Waals surface area contributed by atoms with Gasteiger partial charge in [0.1, 0.15) is 24.0 Å². The number of benzene rings is 7. The lowest BCUT2D eigenvalue weighted by atomic mass is 9.95. The van der Waals surface area contributed by atoms with Crippen LogP contribution in [0.25, 0.3) is 49.9 Å². The first-order valence-corrected chi connectivity index (χ1v) is 18.7. The molecule has 0 saturated heterocycles. The Morgan fingerprint density at radius 1 is 0.632 bits per heavy atom. The van der Waals surface area contributed by atoms with E-state index in [9.17, 15) is 0 Å². The summed E-state index contributed by atoms with van der Waals surface area (Å²) in [6.45, 7) is 3.81. The van der Waals surface area contributed by atoms with Gasteiger partial charge in [-0.1, -0.05) is 129 Å². The van der Waals surface area contributed by atoms with Gasteiger partial charge in [-0.2, -0.15) is 0 Å². The number of nitrogens with zero attached hydrogens (tertiary/aromatic N) is 4. The minimum Gasteiger partial charge on any atom is -0.457 e. The van der Waals surface area contributed by atoms with Crippen LogP contribution in [0, 0.1) is 5.92 Å². The Morgan fingerprint density at radius 2 is 1.28 bits per heavy atom. The fourth-order valence-corrected chi connectivity index (χ4v) is 7.71. The first-order valence-electron chi connectivity index (χ1n) is 24.7. The summed E-state index contributed by atoms with van der Waals surface area (Å²) in [4.78, 5) is 8.60. The van der Waals surface area contributed by atoms with Crippen molar-refractivity contribution in [2.75, 3.05) is 16.5 Å². The fraction of sp³-hybridized carbons (Fsp3) is 0.0962. The van der Waals surface area contributed by atoms with Crippen molar-refractivity contribution in [2.24, 2.45) is 5.92 Å². The molecule has 2 aromatic heterocycles. The van der Waals surface area contributed by atoms with Crippen LogP contribution >= 0.6 is 0 Å². The van der Waals surface area contributed by atoms with Crippen molar-refractivity contribution in [1.29, 1.82) is 0 Å². The van der Waals surface area contributed by atoms with Crippen LogP contribution < -0.4 is 14.5 Å². The van der Waals surface area contributed by atoms with Crippen molar-refractivity contribution in [2.45, 2.75) is 20.2 Å². The van der Waals surface area contributed by atoms with Crippen LogP contribution in [0.5, 0.6) is 11.5 Å². The third kappa shape index (κ3) is 6.37. The van der Waals surface area contributed by atoms with Gasteiger partial charge in [-0.05, 0) is 83.6 Å². The first kappa shape index (κ1) is 23.7. The summed E-state index contributed by atoms with van der Waals surface area (Å²) in [5, 5.41) is 1.96. The Labute approximate surface area is 350 Å². The second kappa shape index (κ2) is 14.5. The molecule has 0 atom stereocenters. The van der Waals surface area contributed by atoms with Crippen LogP contribution in [0.2, 0.25) is 0 Å². The lowest BCUT2D eigenvalue weighted by Crippen LogP contribution is -2.24. The first-order chi connectivity index (χ1) is 33.0. The van der Waals surface area contributed by atoms with E-state index in [4.69, 9.17) is 26.2 Å². The molecule has 276 valence electrons. The van der Waals surface area contributed by atoms with Gasteiger partial charge >= 0.3 is 0 Å². The molecule has 0 spiro atoms. The molecule has 1 aliphatic rings. The van der Waals surface area contributed by atoms with Gasteiger partial charge in [0.15, 0.2) is 0 Å². The lowest BCUT2D eigenvalue weighted by Gasteiger charge is -2.27. The van der Waals surface area contributed by atoms with E-state index in [0.29, 0.717) is 34.3 Å². The molecule has 1 aliphatic heterocycles. The van der Waals surface area contributed by atoms with Crippen molar-refractivity contribution in [3.8, 4) is 39.6 Å². The molecule has 10 rings (SSSR count). The zero-order valence-electron chi connectivity index (χ0n) is 43.1. The molecular formula is C52H42N4O. The summed E-state index contributed by atoms with van der Waals surface area (Å²) in [5.74, 6) is 1.36. The van der Waals surface area contributed by atoms with Gasteiger partial charge < -0.3 is 14.5 Å². The van der Waals surface area contributed by atoms with Crippen LogP contribution in [0.4, 0.5) is 22.7 Å². The van der Waals surface area contributed by atoms with E-state index < -0.39 is 66.8 Å². The van der Waals surface area contributed by atoms with Gasteiger partial charge in [-0.15, -0.1) is 0 Å². The summed E-state index contributed by atoms with van der Waals surface area (Å²) in [6, 6.07) is 32.1. The Kier molecular flexibility index (Phi) is 6.04. The van der Waals surface area contributed by atoms with Crippen LogP contribution in [0.1, 0.15) is 35.9 Å². The number of aromatic nitrogens is 2. The summed E-state index contributed by atoms with van der Waals surface area (Å²) in [7, 11) is 0. The molecule has 0 unspecified atom stereocenters. The largest absolute Gasteiger partial charge is 0.457 e. The predicted octanol–water partition coefficient (Wildman–Crippen LogP) is 13.8. The maximum absolute atomic E-state index is 9.01. The van der Waals surface area contributed by atoms with Crippen molar-refractivity contribution in [3.05, 3.63) is 194 Å². The maximum Gasteiger partial charge on any atom is 0.137 e. The molecule has 5 heteroatoms. The molecular weight excluding hydrogens is 697 g/mol. The van der Waals surface area contributed by atoms with E-state index in [1.165, 1.54) is 0 Å². The van der Waals surface area contributed by atoms with E-state index >= 15 is 0 Å². The van der Waals surface area contributed by atoms with Gasteiger partial charge in [0.2, 0.25) is 0 Å². The minimum atomic E-state index is -1.58. The van der Waals surface area contributed by atoms with Crippen molar-refractivity contribution in [3.63, 3.8) is 0 Å². The Balaban J connectivity index is 1.08. The zero-order valence-corrected chi connectivity index (χ0v) is 31.1. The Hall–Kier alpha value is -7.11. The minimum absolute atomic E-state index is 0.0942. The molecule has 3 heterocycles. The normalized spacial score (nSPS) is 15.7.